The molecule has 134 valence electrons. The van der Waals surface area contributed by atoms with Crippen LogP contribution in [0.2, 0.25) is 0 Å². The second-order valence-electron chi connectivity index (χ2n) is 5.30. The van der Waals surface area contributed by atoms with Crippen molar-refractivity contribution >= 4 is 11.9 Å². The second kappa shape index (κ2) is 9.13. The van der Waals surface area contributed by atoms with Crippen molar-refractivity contribution in [2.24, 2.45) is 0 Å². The predicted octanol–water partition coefficient (Wildman–Crippen LogP) is 4.12. The molecule has 0 heterocycles. The fourth-order valence-electron chi connectivity index (χ4n) is 2.16. The molecule has 0 radical (unpaired) electrons. The highest BCUT2D eigenvalue weighted by molar-refractivity contribution is 6.10. The van der Waals surface area contributed by atoms with Crippen molar-refractivity contribution in [3.8, 4) is 23.0 Å². The van der Waals surface area contributed by atoms with Crippen LogP contribution in [0.1, 0.15) is 15.9 Å². The van der Waals surface area contributed by atoms with Gasteiger partial charge in [0, 0.05) is 12.1 Å². The number of phenols is 2. The molecule has 0 bridgehead atoms. The van der Waals surface area contributed by atoms with Gasteiger partial charge in [-0.25, -0.2) is 0 Å². The highest BCUT2D eigenvalue weighted by atomic mass is 16.5. The Labute approximate surface area is 152 Å². The third-order valence-electron chi connectivity index (χ3n) is 3.36. The van der Waals surface area contributed by atoms with Gasteiger partial charge in [-0.3, -0.25) is 4.79 Å². The van der Waals surface area contributed by atoms with E-state index in [1.807, 2.05) is 0 Å². The summed E-state index contributed by atoms with van der Waals surface area (Å²) in [5.74, 6) is -0.296. The predicted molar refractivity (Wildman–Crippen MR) is 101 cm³/mol. The van der Waals surface area contributed by atoms with Crippen LogP contribution in [0.25, 0.3) is 6.08 Å². The van der Waals surface area contributed by atoms with Gasteiger partial charge in [-0.05, 0) is 23.8 Å². The van der Waals surface area contributed by atoms with Crippen LogP contribution in [0.15, 0.2) is 67.8 Å². The normalized spacial score (nSPS) is 10.5. The van der Waals surface area contributed by atoms with Crippen molar-refractivity contribution in [2.45, 2.75) is 0 Å². The van der Waals surface area contributed by atoms with Crippen LogP contribution in [0.4, 0.5) is 0 Å². The third-order valence-corrected chi connectivity index (χ3v) is 3.36. The summed E-state index contributed by atoms with van der Waals surface area (Å²) in [7, 11) is 0. The summed E-state index contributed by atoms with van der Waals surface area (Å²) < 4.78 is 10.6. The Kier molecular flexibility index (Phi) is 6.62. The lowest BCUT2D eigenvalue weighted by molar-refractivity contribution is 0.104. The molecule has 2 aromatic carbocycles. The van der Waals surface area contributed by atoms with Crippen molar-refractivity contribution in [2.75, 3.05) is 13.2 Å². The van der Waals surface area contributed by atoms with Gasteiger partial charge in [0.05, 0.1) is 0 Å². The molecule has 0 spiro atoms. The van der Waals surface area contributed by atoms with E-state index in [1.165, 1.54) is 24.3 Å². The number of ether oxygens (including phenoxy) is 2. The van der Waals surface area contributed by atoms with Gasteiger partial charge in [-0.15, -0.1) is 0 Å². The van der Waals surface area contributed by atoms with Gasteiger partial charge in [0.1, 0.15) is 41.8 Å². The summed E-state index contributed by atoms with van der Waals surface area (Å²) in [6, 6.07) is 9.66. The fraction of sp³-hybridized carbons (Fsp3) is 0.0952. The molecular formula is C21H20O5. The van der Waals surface area contributed by atoms with E-state index in [0.717, 1.165) is 5.56 Å². The summed E-state index contributed by atoms with van der Waals surface area (Å²) in [5.41, 5.74) is 0.590. The maximum Gasteiger partial charge on any atom is 0.193 e. The van der Waals surface area contributed by atoms with Gasteiger partial charge in [-0.1, -0.05) is 43.5 Å². The molecule has 0 aliphatic rings. The molecule has 0 unspecified atom stereocenters. The maximum absolute atomic E-state index is 12.3. The molecule has 2 N–H and O–H groups in total. The molecular weight excluding hydrogens is 332 g/mol. The number of hydrogen-bond donors (Lipinski definition) is 2. The van der Waals surface area contributed by atoms with E-state index in [0.29, 0.717) is 12.4 Å². The van der Waals surface area contributed by atoms with Gasteiger partial charge in [-0.2, -0.15) is 0 Å². The highest BCUT2D eigenvalue weighted by Gasteiger charge is 2.16. The van der Waals surface area contributed by atoms with E-state index < -0.39 is 5.78 Å². The smallest absolute Gasteiger partial charge is 0.193 e. The molecule has 0 saturated heterocycles. The largest absolute Gasteiger partial charge is 0.507 e. The van der Waals surface area contributed by atoms with Crippen LogP contribution in [-0.2, 0) is 0 Å². The van der Waals surface area contributed by atoms with Gasteiger partial charge < -0.3 is 19.7 Å². The molecule has 0 fully saturated rings. The summed E-state index contributed by atoms with van der Waals surface area (Å²) in [6.07, 6.45) is 6.04. The quantitative estimate of drug-likeness (QED) is 0.403. The first kappa shape index (κ1) is 18.9. The number of carbonyl (C=O) groups excluding carboxylic acids is 1. The van der Waals surface area contributed by atoms with E-state index in [9.17, 15) is 15.0 Å². The van der Waals surface area contributed by atoms with Crippen molar-refractivity contribution < 1.29 is 24.5 Å². The summed E-state index contributed by atoms with van der Waals surface area (Å²) in [6.45, 7) is 7.73. The Hall–Kier alpha value is -3.47. The average molecular weight is 352 g/mol. The highest BCUT2D eigenvalue weighted by Crippen LogP contribution is 2.33. The molecule has 0 aliphatic carbocycles. The van der Waals surface area contributed by atoms with Gasteiger partial charge in [0.15, 0.2) is 5.78 Å². The zero-order valence-electron chi connectivity index (χ0n) is 14.2. The summed E-state index contributed by atoms with van der Waals surface area (Å²) in [4.78, 5) is 12.3. The van der Waals surface area contributed by atoms with Crippen LogP contribution < -0.4 is 9.47 Å². The van der Waals surface area contributed by atoms with Crippen LogP contribution >= 0.6 is 0 Å². The van der Waals surface area contributed by atoms with E-state index in [4.69, 9.17) is 9.47 Å². The zero-order chi connectivity index (χ0) is 18.9. The number of aromatic hydroxyl groups is 2. The molecule has 0 aromatic heterocycles. The summed E-state index contributed by atoms with van der Waals surface area (Å²) >= 11 is 0. The SMILES string of the molecule is C=CCOc1ccc(/C=C/C(=O)c2c(O)cc(OCC=C)cc2O)cc1. The van der Waals surface area contributed by atoms with Crippen LogP contribution in [0.5, 0.6) is 23.0 Å². The molecule has 2 aromatic rings. The van der Waals surface area contributed by atoms with Crippen molar-refractivity contribution in [3.05, 3.63) is 78.9 Å². The monoisotopic (exact) mass is 352 g/mol. The number of ketones is 1. The molecule has 0 aliphatic heterocycles. The third kappa shape index (κ3) is 5.01. The van der Waals surface area contributed by atoms with E-state index in [-0.39, 0.29) is 29.4 Å². The van der Waals surface area contributed by atoms with Gasteiger partial charge in [0.2, 0.25) is 0 Å². The van der Waals surface area contributed by atoms with Crippen molar-refractivity contribution in [1.82, 2.24) is 0 Å². The van der Waals surface area contributed by atoms with Crippen molar-refractivity contribution in [3.63, 3.8) is 0 Å². The van der Waals surface area contributed by atoms with E-state index >= 15 is 0 Å². The molecule has 26 heavy (non-hydrogen) atoms. The first-order chi connectivity index (χ1) is 12.5. The minimum absolute atomic E-state index is 0.182. The van der Waals surface area contributed by atoms with Gasteiger partial charge in [0.25, 0.3) is 0 Å². The van der Waals surface area contributed by atoms with Crippen molar-refractivity contribution in [1.29, 1.82) is 0 Å². The van der Waals surface area contributed by atoms with Crippen LogP contribution in [-0.4, -0.2) is 29.2 Å². The number of benzene rings is 2. The Morgan fingerprint density at radius 3 is 2.00 bits per heavy atom. The average Bonchev–Trinajstić information content (AvgIpc) is 2.63. The Bertz CT molecular complexity index is 796. The first-order valence-corrected chi connectivity index (χ1v) is 7.91. The molecule has 5 nitrogen and oxygen atoms in total. The number of carbonyl (C=O) groups is 1. The lowest BCUT2D eigenvalue weighted by atomic mass is 10.1. The van der Waals surface area contributed by atoms with Crippen LogP contribution in [0, 0.1) is 0 Å². The molecule has 0 atom stereocenters. The van der Waals surface area contributed by atoms with Crippen LogP contribution in [0.3, 0.4) is 0 Å². The topological polar surface area (TPSA) is 76.0 Å². The molecule has 0 amide bonds. The maximum atomic E-state index is 12.3. The number of phenolic OH excluding ortho intramolecular Hbond substituents is 2. The number of allylic oxidation sites excluding steroid dienone is 1. The lowest BCUT2D eigenvalue weighted by Gasteiger charge is -2.08. The van der Waals surface area contributed by atoms with E-state index in [2.05, 4.69) is 13.2 Å². The Balaban J connectivity index is 2.12. The van der Waals surface area contributed by atoms with E-state index in [1.54, 1.807) is 36.4 Å². The lowest BCUT2D eigenvalue weighted by Crippen LogP contribution is -1.98. The standard InChI is InChI=1S/C21H20O5/c1-3-11-25-16-8-5-15(6-9-16)7-10-18(22)21-19(23)13-17(14-20(21)24)26-12-4-2/h3-10,13-14,23-24H,1-2,11-12H2/b10-7+. The Morgan fingerprint density at radius 2 is 1.46 bits per heavy atom. The minimum atomic E-state index is -0.526. The minimum Gasteiger partial charge on any atom is -0.507 e. The molecule has 0 saturated carbocycles. The fourth-order valence-corrected chi connectivity index (χ4v) is 2.16. The molecule has 2 rings (SSSR count). The first-order valence-electron chi connectivity index (χ1n) is 7.91. The molecule has 5 heteroatoms. The zero-order valence-corrected chi connectivity index (χ0v) is 14.2. The Morgan fingerprint density at radius 1 is 0.923 bits per heavy atom. The number of rotatable bonds is 9. The second-order valence-corrected chi connectivity index (χ2v) is 5.30. The number of hydrogen-bond acceptors (Lipinski definition) is 5. The van der Waals surface area contributed by atoms with Gasteiger partial charge >= 0.3 is 0 Å². The summed E-state index contributed by atoms with van der Waals surface area (Å²) in [5, 5.41) is 20.0.